The lowest BCUT2D eigenvalue weighted by Gasteiger charge is -2.07. The minimum atomic E-state index is -3.79. The van der Waals surface area contributed by atoms with E-state index in [1.165, 1.54) is 12.1 Å². The summed E-state index contributed by atoms with van der Waals surface area (Å²) in [6.45, 7) is 3.73. The van der Waals surface area contributed by atoms with Gasteiger partial charge in [-0.15, -0.1) is 11.3 Å². The molecule has 2 heterocycles. The van der Waals surface area contributed by atoms with Crippen molar-refractivity contribution in [1.82, 2.24) is 5.16 Å². The number of carbonyl (C=O) groups excluding carboxylic acids is 1. The first-order valence-corrected chi connectivity index (χ1v) is 10.5. The molecule has 0 saturated carbocycles. The molecule has 1 aromatic carbocycles. The molecule has 3 rings (SSSR count). The van der Waals surface area contributed by atoms with E-state index >= 15 is 0 Å². The summed E-state index contributed by atoms with van der Waals surface area (Å²) in [5.74, 6) is -0.322. The van der Waals surface area contributed by atoms with Crippen molar-refractivity contribution < 1.29 is 22.5 Å². The van der Waals surface area contributed by atoms with Crippen LogP contribution in [0.25, 0.3) is 10.6 Å². The number of anilines is 1. The second-order valence-corrected chi connectivity index (χ2v) is 8.89. The first-order valence-electron chi connectivity index (χ1n) is 7.83. The maximum atomic E-state index is 12.6. The van der Waals surface area contributed by atoms with Crippen molar-refractivity contribution in [3.63, 3.8) is 0 Å². The molecule has 7 nitrogen and oxygen atoms in total. The number of nitrogens with zero attached hydrogens (tertiary/aromatic N) is 1. The molecule has 0 saturated heterocycles. The highest BCUT2D eigenvalue weighted by atomic mass is 35.5. The van der Waals surface area contributed by atoms with E-state index in [-0.39, 0.29) is 22.3 Å². The molecular weight excluding hydrogens is 412 g/mol. The third kappa shape index (κ3) is 4.32. The molecule has 0 amide bonds. The van der Waals surface area contributed by atoms with Gasteiger partial charge < -0.3 is 9.26 Å². The van der Waals surface area contributed by atoms with E-state index < -0.39 is 16.0 Å². The molecule has 0 fully saturated rings. The number of halogens is 1. The Hall–Kier alpha value is -2.36. The maximum absolute atomic E-state index is 12.6. The standard InChI is InChI=1S/C17H15ClN2O5S2/c1-3-24-17(21)13-9-14(25-19-13)15-6-7-16(26-15)27(22,23)20-11-5-4-10(2)12(18)8-11/h4-9,20H,3H2,1-2H3. The van der Waals surface area contributed by atoms with Gasteiger partial charge in [0.05, 0.1) is 17.2 Å². The Morgan fingerprint density at radius 3 is 2.78 bits per heavy atom. The van der Waals surface area contributed by atoms with Crippen LogP contribution in [-0.2, 0) is 14.8 Å². The van der Waals surface area contributed by atoms with Crippen LogP contribution in [0.4, 0.5) is 5.69 Å². The maximum Gasteiger partial charge on any atom is 0.360 e. The van der Waals surface area contributed by atoms with Crippen molar-refractivity contribution in [3.05, 3.63) is 52.7 Å². The minimum Gasteiger partial charge on any atom is -0.461 e. The summed E-state index contributed by atoms with van der Waals surface area (Å²) in [5.41, 5.74) is 1.24. The molecule has 3 aromatic rings. The van der Waals surface area contributed by atoms with Crippen molar-refractivity contribution >= 4 is 44.6 Å². The summed E-state index contributed by atoms with van der Waals surface area (Å²) < 4.78 is 37.7. The van der Waals surface area contributed by atoms with Crippen LogP contribution < -0.4 is 4.72 Å². The van der Waals surface area contributed by atoms with Crippen LogP contribution in [0.1, 0.15) is 23.0 Å². The quantitative estimate of drug-likeness (QED) is 0.588. The van der Waals surface area contributed by atoms with Gasteiger partial charge in [0.25, 0.3) is 10.0 Å². The van der Waals surface area contributed by atoms with E-state index in [1.807, 2.05) is 6.92 Å². The monoisotopic (exact) mass is 426 g/mol. The molecule has 0 aliphatic rings. The Bertz CT molecular complexity index is 1090. The van der Waals surface area contributed by atoms with Gasteiger partial charge in [0.2, 0.25) is 0 Å². The van der Waals surface area contributed by atoms with Crippen LogP contribution in [0.3, 0.4) is 0 Å². The van der Waals surface area contributed by atoms with Gasteiger partial charge in [-0.05, 0) is 43.7 Å². The molecule has 0 aliphatic heterocycles. The van der Waals surface area contributed by atoms with Gasteiger partial charge in [-0.2, -0.15) is 0 Å². The van der Waals surface area contributed by atoms with Crippen LogP contribution in [0.5, 0.6) is 0 Å². The average Bonchev–Trinajstić information content (AvgIpc) is 3.27. The number of nitrogens with one attached hydrogen (secondary N) is 1. The first-order chi connectivity index (χ1) is 12.8. The first kappa shape index (κ1) is 19.4. The third-order valence-corrected chi connectivity index (χ3v) is 6.89. The van der Waals surface area contributed by atoms with Gasteiger partial charge in [-0.25, -0.2) is 13.2 Å². The van der Waals surface area contributed by atoms with E-state index in [9.17, 15) is 13.2 Å². The number of esters is 1. The number of aromatic nitrogens is 1. The number of thiophene rings is 1. The molecule has 0 aliphatic carbocycles. The number of aryl methyl sites for hydroxylation is 1. The van der Waals surface area contributed by atoms with Crippen molar-refractivity contribution in [2.45, 2.75) is 18.1 Å². The second kappa shape index (κ2) is 7.71. The van der Waals surface area contributed by atoms with Crippen LogP contribution in [0.2, 0.25) is 5.02 Å². The van der Waals surface area contributed by atoms with Crippen LogP contribution in [0, 0.1) is 6.92 Å². The van der Waals surface area contributed by atoms with Crippen molar-refractivity contribution in [2.24, 2.45) is 0 Å². The van der Waals surface area contributed by atoms with E-state index in [1.54, 1.807) is 31.2 Å². The summed E-state index contributed by atoms with van der Waals surface area (Å²) in [7, 11) is -3.79. The predicted octanol–water partition coefficient (Wildman–Crippen LogP) is 4.34. The highest BCUT2D eigenvalue weighted by Crippen LogP contribution is 2.32. The number of hydrogen-bond donors (Lipinski definition) is 1. The summed E-state index contributed by atoms with van der Waals surface area (Å²) in [6, 6.07) is 9.35. The summed E-state index contributed by atoms with van der Waals surface area (Å²) in [5, 5.41) is 4.11. The summed E-state index contributed by atoms with van der Waals surface area (Å²) in [6.07, 6.45) is 0. The Balaban J connectivity index is 1.82. The summed E-state index contributed by atoms with van der Waals surface area (Å²) in [4.78, 5) is 12.2. The zero-order chi connectivity index (χ0) is 19.6. The van der Waals surface area contributed by atoms with E-state index in [2.05, 4.69) is 9.88 Å². The molecule has 0 atom stereocenters. The second-order valence-electron chi connectivity index (χ2n) is 5.49. The van der Waals surface area contributed by atoms with E-state index in [0.717, 1.165) is 16.9 Å². The molecule has 142 valence electrons. The number of carbonyl (C=O) groups is 1. The topological polar surface area (TPSA) is 98.5 Å². The lowest BCUT2D eigenvalue weighted by atomic mass is 10.2. The van der Waals surface area contributed by atoms with Crippen molar-refractivity contribution in [1.29, 1.82) is 0 Å². The summed E-state index contributed by atoms with van der Waals surface area (Å²) >= 11 is 7.02. The molecule has 27 heavy (non-hydrogen) atoms. The molecule has 0 bridgehead atoms. The predicted molar refractivity (Wildman–Crippen MR) is 103 cm³/mol. The van der Waals surface area contributed by atoms with Gasteiger partial charge >= 0.3 is 5.97 Å². The highest BCUT2D eigenvalue weighted by Gasteiger charge is 2.21. The molecule has 1 N–H and O–H groups in total. The Labute approximate surface area is 165 Å². The highest BCUT2D eigenvalue weighted by molar-refractivity contribution is 7.94. The number of hydrogen-bond acceptors (Lipinski definition) is 7. The number of benzene rings is 1. The smallest absolute Gasteiger partial charge is 0.360 e. The fourth-order valence-electron chi connectivity index (χ4n) is 2.15. The lowest BCUT2D eigenvalue weighted by molar-refractivity contribution is 0.0514. The zero-order valence-corrected chi connectivity index (χ0v) is 16.7. The number of rotatable bonds is 6. The van der Waals surface area contributed by atoms with Crippen molar-refractivity contribution in [3.8, 4) is 10.6 Å². The van der Waals surface area contributed by atoms with Gasteiger partial charge in [0, 0.05) is 11.1 Å². The third-order valence-electron chi connectivity index (χ3n) is 3.51. The molecule has 0 unspecified atom stereocenters. The van der Waals surface area contributed by atoms with E-state index in [0.29, 0.717) is 15.6 Å². The Morgan fingerprint density at radius 2 is 2.07 bits per heavy atom. The fourth-order valence-corrected chi connectivity index (χ4v) is 4.64. The minimum absolute atomic E-state index is 0.0251. The van der Waals surface area contributed by atoms with Crippen LogP contribution >= 0.6 is 22.9 Å². The normalized spacial score (nSPS) is 11.4. The van der Waals surface area contributed by atoms with Crippen LogP contribution in [0.15, 0.2) is 45.1 Å². The number of ether oxygens (including phenoxy) is 1. The molecule has 0 spiro atoms. The number of sulfonamides is 1. The molecule has 10 heteroatoms. The van der Waals surface area contributed by atoms with Crippen LogP contribution in [-0.4, -0.2) is 26.2 Å². The van der Waals surface area contributed by atoms with Gasteiger partial charge in [0.15, 0.2) is 11.5 Å². The fraction of sp³-hybridized carbons (Fsp3) is 0.176. The Morgan fingerprint density at radius 1 is 1.30 bits per heavy atom. The SMILES string of the molecule is CCOC(=O)c1cc(-c2ccc(S(=O)(=O)Nc3ccc(C)c(Cl)c3)s2)on1. The molecule has 2 aromatic heterocycles. The van der Waals surface area contributed by atoms with Gasteiger partial charge in [-0.1, -0.05) is 22.8 Å². The van der Waals surface area contributed by atoms with Crippen molar-refractivity contribution in [2.75, 3.05) is 11.3 Å². The van der Waals surface area contributed by atoms with Gasteiger partial charge in [-0.3, -0.25) is 4.72 Å². The zero-order valence-electron chi connectivity index (χ0n) is 14.4. The molecule has 0 radical (unpaired) electrons. The van der Waals surface area contributed by atoms with Gasteiger partial charge in [0.1, 0.15) is 4.21 Å². The largest absolute Gasteiger partial charge is 0.461 e. The lowest BCUT2D eigenvalue weighted by Crippen LogP contribution is -2.11. The van der Waals surface area contributed by atoms with E-state index in [4.69, 9.17) is 20.9 Å². The molecular formula is C17H15ClN2O5S2. The Kier molecular flexibility index (Phi) is 5.54. The average molecular weight is 427 g/mol.